The molecule has 1 unspecified atom stereocenters. The van der Waals surface area contributed by atoms with Crippen molar-refractivity contribution in [3.63, 3.8) is 0 Å². The highest BCUT2D eigenvalue weighted by Crippen LogP contribution is 2.38. The molecule has 1 fully saturated rings. The molecular weight excluding hydrogens is 452 g/mol. The topological polar surface area (TPSA) is 147 Å². The number of anilines is 3. The van der Waals surface area contributed by atoms with Crippen molar-refractivity contribution in [2.75, 3.05) is 37.1 Å². The first-order chi connectivity index (χ1) is 17.1. The number of methoxy groups -OCH3 is 1. The lowest BCUT2D eigenvalue weighted by Crippen LogP contribution is -2.25. The molecule has 35 heavy (non-hydrogen) atoms. The third kappa shape index (κ3) is 4.87. The lowest BCUT2D eigenvalue weighted by atomic mass is 10.1. The van der Waals surface area contributed by atoms with Crippen molar-refractivity contribution in [1.82, 2.24) is 30.3 Å². The number of H-pyrrole nitrogens is 1. The maximum absolute atomic E-state index is 9.20. The van der Waals surface area contributed by atoms with Gasteiger partial charge < -0.3 is 29.3 Å². The van der Waals surface area contributed by atoms with Crippen LogP contribution in [0.15, 0.2) is 41.1 Å². The summed E-state index contributed by atoms with van der Waals surface area (Å²) in [7, 11) is 1.57. The van der Waals surface area contributed by atoms with Gasteiger partial charge in [-0.2, -0.15) is 15.1 Å². The van der Waals surface area contributed by atoms with Crippen LogP contribution in [0.2, 0.25) is 0 Å². The van der Waals surface area contributed by atoms with Gasteiger partial charge in [-0.05, 0) is 31.9 Å². The minimum Gasteiger partial charge on any atom is -0.481 e. The summed E-state index contributed by atoms with van der Waals surface area (Å²) in [6.45, 7) is 2.66. The molecule has 12 nitrogen and oxygen atoms in total. The van der Waals surface area contributed by atoms with Crippen LogP contribution in [0.5, 0.6) is 11.8 Å². The standard InChI is InChI=1S/C23H26N8O4/c1-14-11-20(29-28-14)25-19-13-21(34-10-9-32)27-23(26-19)31-8-4-6-17(31)18-12-16(30-35-18)15-5-3-7-24-22(15)33-2/h3,5,7,11-13,17,32H,4,6,8-10H2,1-2H3,(H2,25,26,27,28,29). The predicted octanol–water partition coefficient (Wildman–Crippen LogP) is 3.02. The Kier molecular flexibility index (Phi) is 6.44. The highest BCUT2D eigenvalue weighted by molar-refractivity contribution is 5.65. The fourth-order valence-corrected chi connectivity index (χ4v) is 4.07. The lowest BCUT2D eigenvalue weighted by molar-refractivity contribution is 0.196. The molecule has 12 heteroatoms. The van der Waals surface area contributed by atoms with E-state index in [1.54, 1.807) is 19.4 Å². The van der Waals surface area contributed by atoms with E-state index in [9.17, 15) is 5.11 Å². The number of rotatable bonds is 9. The zero-order chi connectivity index (χ0) is 24.2. The van der Waals surface area contributed by atoms with E-state index >= 15 is 0 Å². The molecule has 4 aromatic rings. The normalized spacial score (nSPS) is 15.4. The smallest absolute Gasteiger partial charge is 0.231 e. The SMILES string of the molecule is COc1ncccc1-c1cc(C2CCCN2c2nc(Nc3cc(C)[nH]n3)cc(OCCO)n2)on1. The number of hydrogen-bond donors (Lipinski definition) is 3. The van der Waals surface area contributed by atoms with Crippen molar-refractivity contribution in [3.05, 3.63) is 48.0 Å². The average molecular weight is 479 g/mol. The Bertz CT molecular complexity index is 1290. The van der Waals surface area contributed by atoms with Gasteiger partial charge in [0, 0.05) is 36.6 Å². The Balaban J connectivity index is 1.44. The number of hydrogen-bond acceptors (Lipinski definition) is 11. The van der Waals surface area contributed by atoms with Gasteiger partial charge in [0.2, 0.25) is 17.7 Å². The maximum atomic E-state index is 9.20. The second-order valence-electron chi connectivity index (χ2n) is 8.05. The number of nitrogens with zero attached hydrogens (tertiary/aromatic N) is 6. The van der Waals surface area contributed by atoms with Gasteiger partial charge in [0.1, 0.15) is 18.1 Å². The van der Waals surface area contributed by atoms with Crippen LogP contribution in [-0.2, 0) is 0 Å². The number of ether oxygens (including phenoxy) is 2. The van der Waals surface area contributed by atoms with E-state index in [4.69, 9.17) is 19.0 Å². The Hall–Kier alpha value is -4.19. The number of pyridine rings is 1. The summed E-state index contributed by atoms with van der Waals surface area (Å²) in [6.07, 6.45) is 3.45. The average Bonchev–Trinajstić information content (AvgIpc) is 3.63. The quantitative estimate of drug-likeness (QED) is 0.326. The largest absolute Gasteiger partial charge is 0.481 e. The molecule has 0 radical (unpaired) electrons. The second-order valence-corrected chi connectivity index (χ2v) is 8.05. The predicted molar refractivity (Wildman–Crippen MR) is 127 cm³/mol. The molecule has 1 saturated heterocycles. The van der Waals surface area contributed by atoms with Gasteiger partial charge in [0.15, 0.2) is 11.6 Å². The van der Waals surface area contributed by atoms with Gasteiger partial charge in [-0.3, -0.25) is 5.10 Å². The van der Waals surface area contributed by atoms with E-state index in [1.807, 2.05) is 31.2 Å². The van der Waals surface area contributed by atoms with Crippen molar-refractivity contribution in [1.29, 1.82) is 0 Å². The van der Waals surface area contributed by atoms with Crippen molar-refractivity contribution in [3.8, 4) is 23.0 Å². The third-order valence-corrected chi connectivity index (χ3v) is 5.60. The number of aromatic amines is 1. The molecule has 0 saturated carbocycles. The van der Waals surface area contributed by atoms with E-state index < -0.39 is 0 Å². The monoisotopic (exact) mass is 478 g/mol. The summed E-state index contributed by atoms with van der Waals surface area (Å²) in [5.41, 5.74) is 2.32. The van der Waals surface area contributed by atoms with Crippen LogP contribution in [0.1, 0.15) is 30.3 Å². The van der Waals surface area contributed by atoms with Crippen LogP contribution in [-0.4, -0.2) is 62.3 Å². The molecule has 1 aliphatic heterocycles. The van der Waals surface area contributed by atoms with Gasteiger partial charge in [-0.1, -0.05) is 5.16 Å². The Labute approximate surface area is 201 Å². The molecule has 0 amide bonds. The summed E-state index contributed by atoms with van der Waals surface area (Å²) in [5, 5.41) is 23.7. The fourth-order valence-electron chi connectivity index (χ4n) is 4.07. The number of aromatic nitrogens is 6. The molecule has 0 spiro atoms. The summed E-state index contributed by atoms with van der Waals surface area (Å²) < 4.78 is 16.7. The summed E-state index contributed by atoms with van der Waals surface area (Å²) in [5.74, 6) is 3.17. The van der Waals surface area contributed by atoms with Crippen molar-refractivity contribution in [2.45, 2.75) is 25.8 Å². The Morgan fingerprint density at radius 3 is 2.97 bits per heavy atom. The molecule has 0 aromatic carbocycles. The Morgan fingerprint density at radius 1 is 1.26 bits per heavy atom. The van der Waals surface area contributed by atoms with Crippen molar-refractivity contribution in [2.24, 2.45) is 0 Å². The number of aliphatic hydroxyl groups excluding tert-OH is 1. The summed E-state index contributed by atoms with van der Waals surface area (Å²) in [6, 6.07) is 9.06. The van der Waals surface area contributed by atoms with Gasteiger partial charge >= 0.3 is 0 Å². The maximum Gasteiger partial charge on any atom is 0.231 e. The first-order valence-electron chi connectivity index (χ1n) is 11.3. The van der Waals surface area contributed by atoms with E-state index in [2.05, 4.69) is 35.5 Å². The van der Waals surface area contributed by atoms with Crippen LogP contribution in [0.4, 0.5) is 17.6 Å². The van der Waals surface area contributed by atoms with E-state index in [1.165, 1.54) is 0 Å². The highest BCUT2D eigenvalue weighted by atomic mass is 16.5. The minimum atomic E-state index is -0.119. The van der Waals surface area contributed by atoms with Crippen LogP contribution in [0.3, 0.4) is 0 Å². The summed E-state index contributed by atoms with van der Waals surface area (Å²) >= 11 is 0. The molecule has 5 rings (SSSR count). The van der Waals surface area contributed by atoms with Crippen LogP contribution in [0, 0.1) is 6.92 Å². The lowest BCUT2D eigenvalue weighted by Gasteiger charge is -2.23. The number of aryl methyl sites for hydroxylation is 1. The van der Waals surface area contributed by atoms with Crippen LogP contribution < -0.4 is 19.7 Å². The molecule has 182 valence electrons. The van der Waals surface area contributed by atoms with Crippen LogP contribution >= 0.6 is 0 Å². The number of nitrogens with one attached hydrogen (secondary N) is 2. The molecule has 0 bridgehead atoms. The first-order valence-corrected chi connectivity index (χ1v) is 11.3. The number of aliphatic hydroxyl groups is 1. The zero-order valence-electron chi connectivity index (χ0n) is 19.4. The molecule has 1 aliphatic rings. The molecule has 3 N–H and O–H groups in total. The minimum absolute atomic E-state index is 0.104. The fraction of sp³-hybridized carbons (Fsp3) is 0.348. The first kappa shape index (κ1) is 22.6. The molecule has 4 aromatic heterocycles. The molecule has 0 aliphatic carbocycles. The van der Waals surface area contributed by atoms with Gasteiger partial charge in [0.25, 0.3) is 0 Å². The summed E-state index contributed by atoms with van der Waals surface area (Å²) in [4.78, 5) is 15.6. The second kappa shape index (κ2) is 9.97. The van der Waals surface area contributed by atoms with E-state index in [-0.39, 0.29) is 19.3 Å². The van der Waals surface area contributed by atoms with Crippen LogP contribution in [0.25, 0.3) is 11.3 Å². The third-order valence-electron chi connectivity index (χ3n) is 5.60. The van der Waals surface area contributed by atoms with Gasteiger partial charge in [-0.25, -0.2) is 4.98 Å². The Morgan fingerprint density at radius 2 is 2.17 bits per heavy atom. The highest BCUT2D eigenvalue weighted by Gasteiger charge is 2.32. The van der Waals surface area contributed by atoms with E-state index in [0.29, 0.717) is 40.8 Å². The van der Waals surface area contributed by atoms with Gasteiger partial charge in [-0.15, -0.1) is 0 Å². The van der Waals surface area contributed by atoms with Crippen molar-refractivity contribution < 1.29 is 19.1 Å². The molecule has 1 atom stereocenters. The van der Waals surface area contributed by atoms with Crippen molar-refractivity contribution >= 4 is 17.6 Å². The van der Waals surface area contributed by atoms with Gasteiger partial charge in [0.05, 0.1) is 25.3 Å². The van der Waals surface area contributed by atoms with E-state index in [0.717, 1.165) is 30.6 Å². The molecule has 5 heterocycles. The zero-order valence-corrected chi connectivity index (χ0v) is 19.4. The molecular formula is C23H26N8O4.